The van der Waals surface area contributed by atoms with Gasteiger partial charge in [-0.25, -0.2) is 4.39 Å². The lowest BCUT2D eigenvalue weighted by molar-refractivity contribution is -0.137. The smallest absolute Gasteiger partial charge is 0.303 e. The maximum absolute atomic E-state index is 13.4. The Labute approximate surface area is 110 Å². The first kappa shape index (κ1) is 12.2. The Kier molecular flexibility index (Phi) is 2.81. The molecule has 3 nitrogen and oxygen atoms in total. The summed E-state index contributed by atoms with van der Waals surface area (Å²) in [5.74, 6) is -0.965. The lowest BCUT2D eigenvalue weighted by Crippen LogP contribution is -2.14. The van der Waals surface area contributed by atoms with Crippen LogP contribution in [0.15, 0.2) is 18.2 Å². The molecule has 3 rings (SSSR count). The number of aromatic nitrogens is 1. The van der Waals surface area contributed by atoms with Crippen molar-refractivity contribution in [2.75, 3.05) is 0 Å². The van der Waals surface area contributed by atoms with E-state index in [4.69, 9.17) is 5.11 Å². The third-order valence-corrected chi connectivity index (χ3v) is 4.12. The summed E-state index contributed by atoms with van der Waals surface area (Å²) in [6.07, 6.45) is 3.00. The summed E-state index contributed by atoms with van der Waals surface area (Å²) in [5, 5.41) is 10.1. The average Bonchev–Trinajstić information content (AvgIpc) is 2.64. The Balaban J connectivity index is 2.22. The first-order valence-corrected chi connectivity index (χ1v) is 6.56. The van der Waals surface area contributed by atoms with Crippen LogP contribution in [0.2, 0.25) is 0 Å². The number of carboxylic acid groups (broad SMARTS) is 1. The van der Waals surface area contributed by atoms with Crippen LogP contribution >= 0.6 is 0 Å². The van der Waals surface area contributed by atoms with Crippen LogP contribution in [0.1, 0.15) is 36.4 Å². The number of fused-ring (bicyclic) bond motifs is 3. The fourth-order valence-corrected chi connectivity index (χ4v) is 3.32. The van der Waals surface area contributed by atoms with Gasteiger partial charge in [-0.1, -0.05) is 0 Å². The summed E-state index contributed by atoms with van der Waals surface area (Å²) in [4.78, 5) is 11.0. The third kappa shape index (κ3) is 1.91. The second kappa shape index (κ2) is 4.37. The van der Waals surface area contributed by atoms with Gasteiger partial charge < -0.3 is 9.67 Å². The quantitative estimate of drug-likeness (QED) is 0.902. The molecule has 1 N–H and O–H groups in total. The van der Waals surface area contributed by atoms with Crippen LogP contribution in [0.5, 0.6) is 0 Å². The SMILES string of the molecule is Cn1c2c(c3ccc(F)cc31)C(CC(=O)O)CCC2. The number of carboxylic acids is 1. The number of nitrogens with zero attached hydrogens (tertiary/aromatic N) is 1. The molecule has 0 fully saturated rings. The number of carbonyl (C=O) groups is 1. The van der Waals surface area contributed by atoms with Crippen molar-refractivity contribution in [2.45, 2.75) is 31.6 Å². The first-order valence-electron chi connectivity index (χ1n) is 6.56. The summed E-state index contributed by atoms with van der Waals surface area (Å²) < 4.78 is 15.4. The molecule has 1 aliphatic carbocycles. The van der Waals surface area contributed by atoms with E-state index in [1.54, 1.807) is 6.07 Å². The van der Waals surface area contributed by atoms with E-state index in [0.717, 1.165) is 41.4 Å². The van der Waals surface area contributed by atoms with E-state index >= 15 is 0 Å². The Bertz CT molecular complexity index is 660. The van der Waals surface area contributed by atoms with Crippen molar-refractivity contribution in [2.24, 2.45) is 7.05 Å². The van der Waals surface area contributed by atoms with E-state index in [1.165, 1.54) is 12.1 Å². The minimum atomic E-state index is -0.767. The Morgan fingerprint density at radius 3 is 3.05 bits per heavy atom. The largest absolute Gasteiger partial charge is 0.481 e. The number of aryl methyl sites for hydroxylation is 1. The normalized spacial score (nSPS) is 18.5. The number of rotatable bonds is 2. The minimum absolute atomic E-state index is 0.0513. The molecule has 0 saturated heterocycles. The van der Waals surface area contributed by atoms with E-state index in [0.29, 0.717) is 0 Å². The van der Waals surface area contributed by atoms with Gasteiger partial charge in [0, 0.05) is 18.1 Å². The van der Waals surface area contributed by atoms with E-state index in [-0.39, 0.29) is 18.2 Å². The molecular weight excluding hydrogens is 245 g/mol. The van der Waals surface area contributed by atoms with Crippen LogP contribution in [0.3, 0.4) is 0 Å². The molecule has 1 aromatic heterocycles. The van der Waals surface area contributed by atoms with Crippen molar-refractivity contribution >= 4 is 16.9 Å². The molecular formula is C15H16FNO2. The maximum atomic E-state index is 13.4. The van der Waals surface area contributed by atoms with Crippen molar-refractivity contribution in [1.29, 1.82) is 0 Å². The van der Waals surface area contributed by atoms with Crippen molar-refractivity contribution in [3.63, 3.8) is 0 Å². The highest BCUT2D eigenvalue weighted by Crippen LogP contribution is 2.40. The van der Waals surface area contributed by atoms with Crippen LogP contribution in [0, 0.1) is 5.82 Å². The molecule has 4 heteroatoms. The van der Waals surface area contributed by atoms with E-state index in [1.807, 2.05) is 11.6 Å². The number of hydrogen-bond acceptors (Lipinski definition) is 1. The van der Waals surface area contributed by atoms with Crippen LogP contribution in [0.25, 0.3) is 10.9 Å². The zero-order chi connectivity index (χ0) is 13.6. The molecule has 0 bridgehead atoms. The highest BCUT2D eigenvalue weighted by molar-refractivity contribution is 5.87. The van der Waals surface area contributed by atoms with Gasteiger partial charge in [0.15, 0.2) is 0 Å². The van der Waals surface area contributed by atoms with Crippen LogP contribution in [-0.2, 0) is 18.3 Å². The molecule has 1 aliphatic rings. The molecule has 19 heavy (non-hydrogen) atoms. The summed E-state index contributed by atoms with van der Waals surface area (Å²) >= 11 is 0. The average molecular weight is 261 g/mol. The summed E-state index contributed by atoms with van der Waals surface area (Å²) in [5.41, 5.74) is 3.14. The Hall–Kier alpha value is -1.84. The molecule has 1 unspecified atom stereocenters. The van der Waals surface area contributed by atoms with E-state index in [9.17, 15) is 9.18 Å². The molecule has 0 amide bonds. The van der Waals surface area contributed by atoms with E-state index in [2.05, 4.69) is 0 Å². The molecule has 1 aromatic carbocycles. The highest BCUT2D eigenvalue weighted by atomic mass is 19.1. The predicted octanol–water partition coefficient (Wildman–Crippen LogP) is 3.21. The van der Waals surface area contributed by atoms with Gasteiger partial charge in [0.1, 0.15) is 5.82 Å². The lowest BCUT2D eigenvalue weighted by atomic mass is 9.83. The maximum Gasteiger partial charge on any atom is 0.303 e. The van der Waals surface area contributed by atoms with Crippen molar-refractivity contribution in [3.8, 4) is 0 Å². The topological polar surface area (TPSA) is 42.2 Å². The van der Waals surface area contributed by atoms with Gasteiger partial charge >= 0.3 is 5.97 Å². The number of aliphatic carboxylic acids is 1. The van der Waals surface area contributed by atoms with Gasteiger partial charge in [0.2, 0.25) is 0 Å². The summed E-state index contributed by atoms with van der Waals surface area (Å²) in [6, 6.07) is 4.77. The summed E-state index contributed by atoms with van der Waals surface area (Å²) in [7, 11) is 1.93. The fourth-order valence-electron chi connectivity index (χ4n) is 3.32. The monoisotopic (exact) mass is 261 g/mol. The fraction of sp³-hybridized carbons (Fsp3) is 0.400. The van der Waals surface area contributed by atoms with Gasteiger partial charge in [-0.05, 0) is 48.9 Å². The zero-order valence-corrected chi connectivity index (χ0v) is 10.8. The van der Waals surface area contributed by atoms with Gasteiger partial charge in [0.05, 0.1) is 11.9 Å². The Morgan fingerprint density at radius 1 is 1.53 bits per heavy atom. The zero-order valence-electron chi connectivity index (χ0n) is 10.8. The Morgan fingerprint density at radius 2 is 2.32 bits per heavy atom. The number of hydrogen-bond donors (Lipinski definition) is 1. The standard InChI is InChI=1S/C15H16FNO2/c1-17-12-4-2-3-9(7-14(18)19)15(12)11-6-5-10(16)8-13(11)17/h5-6,8-9H,2-4,7H2,1H3,(H,18,19). The summed E-state index contributed by atoms with van der Waals surface area (Å²) in [6.45, 7) is 0. The van der Waals surface area contributed by atoms with E-state index < -0.39 is 5.97 Å². The van der Waals surface area contributed by atoms with Gasteiger partial charge in [-0.2, -0.15) is 0 Å². The molecule has 1 heterocycles. The van der Waals surface area contributed by atoms with Crippen molar-refractivity contribution < 1.29 is 14.3 Å². The van der Waals surface area contributed by atoms with Crippen molar-refractivity contribution in [1.82, 2.24) is 4.57 Å². The number of halogens is 1. The second-order valence-corrected chi connectivity index (χ2v) is 5.27. The lowest BCUT2D eigenvalue weighted by Gasteiger charge is -2.22. The van der Waals surface area contributed by atoms with Gasteiger partial charge in [-0.3, -0.25) is 4.79 Å². The van der Waals surface area contributed by atoms with Crippen LogP contribution in [-0.4, -0.2) is 15.6 Å². The highest BCUT2D eigenvalue weighted by Gasteiger charge is 2.28. The van der Waals surface area contributed by atoms with Crippen molar-refractivity contribution in [3.05, 3.63) is 35.3 Å². The predicted molar refractivity (Wildman–Crippen MR) is 70.8 cm³/mol. The molecule has 1 atom stereocenters. The molecule has 0 radical (unpaired) electrons. The molecule has 2 aromatic rings. The van der Waals surface area contributed by atoms with Gasteiger partial charge in [0.25, 0.3) is 0 Å². The first-order chi connectivity index (χ1) is 9.08. The third-order valence-electron chi connectivity index (χ3n) is 4.12. The van der Waals surface area contributed by atoms with Crippen LogP contribution < -0.4 is 0 Å². The second-order valence-electron chi connectivity index (χ2n) is 5.27. The number of benzene rings is 1. The molecule has 0 aliphatic heterocycles. The molecule has 100 valence electrons. The molecule has 0 spiro atoms. The van der Waals surface area contributed by atoms with Crippen LogP contribution in [0.4, 0.5) is 4.39 Å². The minimum Gasteiger partial charge on any atom is -0.481 e. The molecule has 0 saturated carbocycles. The van der Waals surface area contributed by atoms with Gasteiger partial charge in [-0.15, -0.1) is 0 Å².